The van der Waals surface area contributed by atoms with Crippen molar-refractivity contribution in [3.8, 4) is 11.3 Å². The Balaban J connectivity index is 2.17. The molecule has 6 heteroatoms. The number of hydrogen-bond acceptors (Lipinski definition) is 4. The molecule has 0 atom stereocenters. The molecule has 6 nitrogen and oxygen atoms in total. The highest BCUT2D eigenvalue weighted by atomic mass is 16.1. The van der Waals surface area contributed by atoms with Gasteiger partial charge in [-0.15, -0.1) is 10.2 Å². The molecule has 0 amide bonds. The van der Waals surface area contributed by atoms with Gasteiger partial charge in [-0.05, 0) is 13.0 Å². The summed E-state index contributed by atoms with van der Waals surface area (Å²) in [6.45, 7) is 1.88. The van der Waals surface area contributed by atoms with Gasteiger partial charge < -0.3 is 0 Å². The van der Waals surface area contributed by atoms with Crippen LogP contribution in [0.3, 0.4) is 0 Å². The lowest BCUT2D eigenvalue weighted by Crippen LogP contribution is -2.21. The first kappa shape index (κ1) is 14.8. The van der Waals surface area contributed by atoms with Crippen molar-refractivity contribution >= 4 is 27.6 Å². The second-order valence-electron chi connectivity index (χ2n) is 6.31. The number of hydrogen-bond donors (Lipinski definition) is 0. The standard InChI is InChI=1S/C20H15N5O/c1-12-22-23-20-24(2)19(26)16-14-10-6-7-11-15(14)21-17(18(16)25(12)20)13-8-4-3-5-9-13/h3-11H,1-2H3. The van der Waals surface area contributed by atoms with Gasteiger partial charge in [0.05, 0.1) is 22.1 Å². The van der Waals surface area contributed by atoms with Gasteiger partial charge in [0.1, 0.15) is 5.82 Å². The quantitative estimate of drug-likeness (QED) is 0.440. The SMILES string of the molecule is Cc1nnc2n(C)c(=O)c3c4ccccc4nc(-c4ccccc4)c3n12. The molecule has 0 saturated carbocycles. The lowest BCUT2D eigenvalue weighted by molar-refractivity contribution is 0.858. The number of aryl methyl sites for hydroxylation is 2. The van der Waals surface area contributed by atoms with E-state index in [1.807, 2.05) is 65.9 Å². The number of pyridine rings is 1. The summed E-state index contributed by atoms with van der Waals surface area (Å²) in [6.07, 6.45) is 0. The van der Waals surface area contributed by atoms with Crippen LogP contribution in [0.5, 0.6) is 0 Å². The first-order valence-electron chi connectivity index (χ1n) is 8.35. The highest BCUT2D eigenvalue weighted by Crippen LogP contribution is 2.31. The van der Waals surface area contributed by atoms with Crippen molar-refractivity contribution in [3.63, 3.8) is 0 Å². The fraction of sp³-hybridized carbons (Fsp3) is 0.100. The highest BCUT2D eigenvalue weighted by molar-refractivity contribution is 6.09. The fourth-order valence-electron chi connectivity index (χ4n) is 3.52. The van der Waals surface area contributed by atoms with E-state index >= 15 is 0 Å². The van der Waals surface area contributed by atoms with Gasteiger partial charge in [0.15, 0.2) is 0 Å². The normalized spacial score (nSPS) is 11.6. The summed E-state index contributed by atoms with van der Waals surface area (Å²) < 4.78 is 3.46. The second-order valence-corrected chi connectivity index (χ2v) is 6.31. The Morgan fingerprint density at radius 2 is 1.65 bits per heavy atom. The number of rotatable bonds is 1. The molecule has 0 N–H and O–H groups in total. The van der Waals surface area contributed by atoms with Crippen LogP contribution in [0, 0.1) is 6.92 Å². The molecule has 0 saturated heterocycles. The maximum Gasteiger partial charge on any atom is 0.263 e. The van der Waals surface area contributed by atoms with E-state index in [1.54, 1.807) is 11.6 Å². The molecule has 3 aromatic heterocycles. The van der Waals surface area contributed by atoms with Crippen LogP contribution in [0.15, 0.2) is 59.4 Å². The third kappa shape index (κ3) is 1.86. The second kappa shape index (κ2) is 5.23. The minimum atomic E-state index is -0.101. The van der Waals surface area contributed by atoms with Gasteiger partial charge >= 0.3 is 0 Å². The van der Waals surface area contributed by atoms with Crippen LogP contribution < -0.4 is 5.56 Å². The van der Waals surface area contributed by atoms with Crippen LogP contribution >= 0.6 is 0 Å². The number of aromatic nitrogens is 5. The summed E-state index contributed by atoms with van der Waals surface area (Å²) in [7, 11) is 1.72. The number of fused-ring (bicyclic) bond motifs is 5. The number of benzene rings is 2. The zero-order valence-corrected chi connectivity index (χ0v) is 14.3. The van der Waals surface area contributed by atoms with E-state index in [0.717, 1.165) is 33.5 Å². The molecule has 3 heterocycles. The van der Waals surface area contributed by atoms with Crippen LogP contribution in [0.4, 0.5) is 0 Å². The van der Waals surface area contributed by atoms with Gasteiger partial charge in [-0.2, -0.15) is 0 Å². The summed E-state index contributed by atoms with van der Waals surface area (Å²) in [5, 5.41) is 9.84. The minimum absolute atomic E-state index is 0.101. The number of nitrogens with zero attached hydrogens (tertiary/aromatic N) is 5. The van der Waals surface area contributed by atoms with Crippen LogP contribution in [-0.2, 0) is 7.05 Å². The Bertz CT molecular complexity index is 1370. The van der Waals surface area contributed by atoms with Crippen LogP contribution in [0.2, 0.25) is 0 Å². The van der Waals surface area contributed by atoms with E-state index in [1.165, 1.54) is 0 Å². The Kier molecular flexibility index (Phi) is 2.97. The Morgan fingerprint density at radius 1 is 0.923 bits per heavy atom. The molecule has 0 bridgehead atoms. The third-order valence-electron chi connectivity index (χ3n) is 4.76. The molecule has 0 aliphatic rings. The average molecular weight is 341 g/mol. The largest absolute Gasteiger partial charge is 0.279 e. The van der Waals surface area contributed by atoms with Crippen molar-refractivity contribution in [2.45, 2.75) is 6.92 Å². The first-order chi connectivity index (χ1) is 12.7. The van der Waals surface area contributed by atoms with Crippen molar-refractivity contribution in [1.82, 2.24) is 24.1 Å². The van der Waals surface area contributed by atoms with E-state index in [9.17, 15) is 4.79 Å². The van der Waals surface area contributed by atoms with E-state index in [-0.39, 0.29) is 5.56 Å². The van der Waals surface area contributed by atoms with Crippen LogP contribution in [0.25, 0.3) is 38.8 Å². The predicted molar refractivity (Wildman–Crippen MR) is 101 cm³/mol. The molecule has 5 rings (SSSR count). The summed E-state index contributed by atoms with van der Waals surface area (Å²) in [5.74, 6) is 1.23. The Labute approximate surface area is 148 Å². The van der Waals surface area contributed by atoms with Crippen molar-refractivity contribution in [2.24, 2.45) is 7.05 Å². The summed E-state index contributed by atoms with van der Waals surface area (Å²) >= 11 is 0. The van der Waals surface area contributed by atoms with Crippen molar-refractivity contribution in [3.05, 3.63) is 70.8 Å². The summed E-state index contributed by atoms with van der Waals surface area (Å²) in [4.78, 5) is 18.1. The van der Waals surface area contributed by atoms with Gasteiger partial charge in [-0.3, -0.25) is 13.8 Å². The topological polar surface area (TPSA) is 65.1 Å². The molecular weight excluding hydrogens is 326 g/mol. The Morgan fingerprint density at radius 3 is 2.46 bits per heavy atom. The fourth-order valence-corrected chi connectivity index (χ4v) is 3.52. The Hall–Kier alpha value is -3.54. The average Bonchev–Trinajstić information content (AvgIpc) is 3.07. The van der Waals surface area contributed by atoms with Crippen molar-refractivity contribution in [1.29, 1.82) is 0 Å². The lowest BCUT2D eigenvalue weighted by atomic mass is 10.0. The highest BCUT2D eigenvalue weighted by Gasteiger charge is 2.20. The van der Waals surface area contributed by atoms with Crippen LogP contribution in [-0.4, -0.2) is 24.1 Å². The molecule has 0 fully saturated rings. The molecule has 0 aliphatic carbocycles. The zero-order chi connectivity index (χ0) is 17.8. The molecule has 26 heavy (non-hydrogen) atoms. The monoisotopic (exact) mass is 341 g/mol. The minimum Gasteiger partial charge on any atom is -0.279 e. The van der Waals surface area contributed by atoms with Crippen LogP contribution in [0.1, 0.15) is 5.82 Å². The molecule has 2 aromatic carbocycles. The summed E-state index contributed by atoms with van der Waals surface area (Å²) in [6, 6.07) is 17.6. The van der Waals surface area contributed by atoms with Gasteiger partial charge in [0.25, 0.3) is 5.56 Å². The maximum absolute atomic E-state index is 13.2. The van der Waals surface area contributed by atoms with Gasteiger partial charge in [-0.1, -0.05) is 48.5 Å². The maximum atomic E-state index is 13.2. The molecule has 0 unspecified atom stereocenters. The molecule has 5 aromatic rings. The molecular formula is C20H15N5O. The van der Waals surface area contributed by atoms with Crippen molar-refractivity contribution < 1.29 is 0 Å². The van der Waals surface area contributed by atoms with E-state index in [2.05, 4.69) is 10.2 Å². The van der Waals surface area contributed by atoms with Gasteiger partial charge in [0, 0.05) is 18.0 Å². The van der Waals surface area contributed by atoms with Crippen molar-refractivity contribution in [2.75, 3.05) is 0 Å². The smallest absolute Gasteiger partial charge is 0.263 e. The van der Waals surface area contributed by atoms with E-state index in [4.69, 9.17) is 4.98 Å². The lowest BCUT2D eigenvalue weighted by Gasteiger charge is -2.13. The predicted octanol–water partition coefficient (Wildman–Crippen LogP) is 3.10. The molecule has 0 aliphatic heterocycles. The van der Waals surface area contributed by atoms with Gasteiger partial charge in [0.2, 0.25) is 5.78 Å². The van der Waals surface area contributed by atoms with E-state index in [0.29, 0.717) is 11.2 Å². The first-order valence-corrected chi connectivity index (χ1v) is 8.35. The number of para-hydroxylation sites is 1. The van der Waals surface area contributed by atoms with E-state index < -0.39 is 0 Å². The third-order valence-corrected chi connectivity index (χ3v) is 4.76. The molecule has 0 radical (unpaired) electrons. The molecule has 126 valence electrons. The zero-order valence-electron chi connectivity index (χ0n) is 14.3. The summed E-state index contributed by atoms with van der Waals surface area (Å²) in [5.41, 5.74) is 3.14. The molecule has 0 spiro atoms. The van der Waals surface area contributed by atoms with Gasteiger partial charge in [-0.25, -0.2) is 4.98 Å².